The van der Waals surface area contributed by atoms with E-state index in [1.165, 1.54) is 25.5 Å². The Hall–Kier alpha value is -1.18. The smallest absolute Gasteiger partial charge is 0.155 e. The van der Waals surface area contributed by atoms with Gasteiger partial charge in [0, 0.05) is 12.3 Å². The summed E-state index contributed by atoms with van der Waals surface area (Å²) in [6.45, 7) is 4.37. The van der Waals surface area contributed by atoms with E-state index in [2.05, 4.69) is 19.1 Å². The summed E-state index contributed by atoms with van der Waals surface area (Å²) in [5.41, 5.74) is 1.27. The maximum atomic E-state index is 11.8. The maximum Gasteiger partial charge on any atom is 0.155 e. The number of aldehydes is 1. The molecule has 22 heavy (non-hydrogen) atoms. The molecule has 3 aliphatic rings. The van der Waals surface area contributed by atoms with Gasteiger partial charge in [0.25, 0.3) is 0 Å². The van der Waals surface area contributed by atoms with Gasteiger partial charge in [0.05, 0.1) is 0 Å². The van der Waals surface area contributed by atoms with Crippen molar-refractivity contribution in [2.75, 3.05) is 0 Å². The highest BCUT2D eigenvalue weighted by Crippen LogP contribution is 2.59. The maximum absolute atomic E-state index is 11.8. The monoisotopic (exact) mass is 300 g/mol. The number of hydrogen-bond donors (Lipinski definition) is 0. The molecule has 0 spiro atoms. The van der Waals surface area contributed by atoms with Gasteiger partial charge < -0.3 is 4.79 Å². The number of hydrogen-bond acceptors (Lipinski definition) is 2. The van der Waals surface area contributed by atoms with Crippen molar-refractivity contribution in [3.8, 4) is 0 Å². The van der Waals surface area contributed by atoms with Crippen LogP contribution in [0.2, 0.25) is 0 Å². The molecule has 0 saturated heterocycles. The van der Waals surface area contributed by atoms with Crippen LogP contribution in [-0.4, -0.2) is 12.1 Å². The van der Waals surface area contributed by atoms with E-state index in [9.17, 15) is 9.59 Å². The molecule has 0 N–H and O–H groups in total. The van der Waals surface area contributed by atoms with Gasteiger partial charge in [0.1, 0.15) is 6.29 Å². The van der Waals surface area contributed by atoms with Crippen molar-refractivity contribution in [3.05, 3.63) is 23.8 Å². The summed E-state index contributed by atoms with van der Waals surface area (Å²) in [7, 11) is 0. The topological polar surface area (TPSA) is 34.1 Å². The number of ketones is 1. The Morgan fingerprint density at radius 1 is 1.23 bits per heavy atom. The molecular weight excluding hydrogens is 272 g/mol. The predicted octanol–water partition coefficient (Wildman–Crippen LogP) is 4.50. The van der Waals surface area contributed by atoms with E-state index in [1.807, 2.05) is 6.92 Å². The van der Waals surface area contributed by atoms with Crippen molar-refractivity contribution in [1.82, 2.24) is 0 Å². The third-order valence-electron chi connectivity index (χ3n) is 6.68. The molecule has 5 unspecified atom stereocenters. The summed E-state index contributed by atoms with van der Waals surface area (Å²) >= 11 is 0. The first-order chi connectivity index (χ1) is 10.5. The molecule has 2 fully saturated rings. The Bertz CT molecular complexity index is 516. The molecule has 2 heteroatoms. The summed E-state index contributed by atoms with van der Waals surface area (Å²) in [5, 5.41) is 0. The van der Waals surface area contributed by atoms with Crippen LogP contribution in [0, 0.1) is 29.1 Å². The van der Waals surface area contributed by atoms with Crippen molar-refractivity contribution in [1.29, 1.82) is 0 Å². The molecule has 2 saturated carbocycles. The van der Waals surface area contributed by atoms with Crippen molar-refractivity contribution < 1.29 is 9.59 Å². The van der Waals surface area contributed by atoms with Crippen LogP contribution in [-0.2, 0) is 9.59 Å². The third-order valence-corrected chi connectivity index (χ3v) is 6.68. The SMILES string of the molecule is CC1=C\C(=O)CCCC2CCC3(C)C(C=O)CCC3C2/C=C\1. The van der Waals surface area contributed by atoms with Gasteiger partial charge in [-0.05, 0) is 80.3 Å². The van der Waals surface area contributed by atoms with Crippen molar-refractivity contribution in [2.24, 2.45) is 29.1 Å². The largest absolute Gasteiger partial charge is 0.303 e. The number of carbonyl (C=O) groups is 2. The van der Waals surface area contributed by atoms with Gasteiger partial charge in [-0.2, -0.15) is 0 Å². The molecule has 0 radical (unpaired) electrons. The summed E-state index contributed by atoms with van der Waals surface area (Å²) in [5.74, 6) is 2.43. The second kappa shape index (κ2) is 6.14. The van der Waals surface area contributed by atoms with Gasteiger partial charge in [-0.3, -0.25) is 4.79 Å². The fraction of sp³-hybridized carbons (Fsp3) is 0.700. The number of carbonyl (C=O) groups excluding carboxylic acids is 2. The lowest BCUT2D eigenvalue weighted by molar-refractivity contribution is -0.116. The average Bonchev–Trinajstić information content (AvgIpc) is 2.82. The average molecular weight is 300 g/mol. The zero-order chi connectivity index (χ0) is 15.7. The number of fused-ring (bicyclic) bond motifs is 3. The van der Waals surface area contributed by atoms with Gasteiger partial charge in [0.2, 0.25) is 0 Å². The first-order valence-electron chi connectivity index (χ1n) is 8.89. The molecule has 120 valence electrons. The van der Waals surface area contributed by atoms with Crippen LogP contribution < -0.4 is 0 Å². The normalized spacial score (nSPS) is 46.1. The first-order valence-corrected chi connectivity index (χ1v) is 8.89. The molecule has 0 aliphatic heterocycles. The van der Waals surface area contributed by atoms with E-state index in [1.54, 1.807) is 6.08 Å². The van der Waals surface area contributed by atoms with Gasteiger partial charge in [-0.1, -0.05) is 19.1 Å². The zero-order valence-corrected chi connectivity index (χ0v) is 13.9. The second-order valence-electron chi connectivity index (χ2n) is 7.91. The summed E-state index contributed by atoms with van der Waals surface area (Å²) in [6.07, 6.45) is 15.0. The second-order valence-corrected chi connectivity index (χ2v) is 7.91. The van der Waals surface area contributed by atoms with Crippen molar-refractivity contribution in [3.63, 3.8) is 0 Å². The molecule has 5 atom stereocenters. The Labute approximate surface area is 134 Å². The Balaban J connectivity index is 1.90. The van der Waals surface area contributed by atoms with Crippen LogP contribution in [0.25, 0.3) is 0 Å². The Morgan fingerprint density at radius 3 is 2.82 bits per heavy atom. The fourth-order valence-electron chi connectivity index (χ4n) is 5.34. The minimum absolute atomic E-state index is 0.199. The molecule has 0 aromatic heterocycles. The van der Waals surface area contributed by atoms with E-state index in [4.69, 9.17) is 0 Å². The molecule has 3 rings (SSSR count). The minimum Gasteiger partial charge on any atom is -0.303 e. The van der Waals surface area contributed by atoms with Crippen LogP contribution in [0.1, 0.15) is 58.8 Å². The number of allylic oxidation sites excluding steroid dienone is 4. The lowest BCUT2D eigenvalue weighted by Crippen LogP contribution is -2.41. The lowest BCUT2D eigenvalue weighted by Gasteiger charge is -2.47. The van der Waals surface area contributed by atoms with Gasteiger partial charge >= 0.3 is 0 Å². The molecular formula is C20H28O2. The minimum atomic E-state index is 0.199. The van der Waals surface area contributed by atoms with Gasteiger partial charge in [0.15, 0.2) is 5.78 Å². The highest BCUT2D eigenvalue weighted by Gasteiger charge is 2.52. The van der Waals surface area contributed by atoms with E-state index in [0.717, 1.165) is 24.8 Å². The summed E-state index contributed by atoms with van der Waals surface area (Å²) in [6, 6.07) is 0. The van der Waals surface area contributed by atoms with Crippen LogP contribution in [0.15, 0.2) is 23.8 Å². The molecule has 2 nitrogen and oxygen atoms in total. The van der Waals surface area contributed by atoms with E-state index >= 15 is 0 Å². The third kappa shape index (κ3) is 2.73. The molecule has 0 bridgehead atoms. The molecule has 0 heterocycles. The molecule has 3 aliphatic carbocycles. The lowest BCUT2D eigenvalue weighted by atomic mass is 9.57. The van der Waals surface area contributed by atoms with Crippen LogP contribution >= 0.6 is 0 Å². The van der Waals surface area contributed by atoms with Crippen LogP contribution in [0.5, 0.6) is 0 Å². The van der Waals surface area contributed by atoms with E-state index in [0.29, 0.717) is 24.2 Å². The zero-order valence-electron chi connectivity index (χ0n) is 13.9. The summed E-state index contributed by atoms with van der Waals surface area (Å²) < 4.78 is 0. The Kier molecular flexibility index (Phi) is 4.38. The fourth-order valence-corrected chi connectivity index (χ4v) is 5.34. The molecule has 0 amide bonds. The Morgan fingerprint density at radius 2 is 2.05 bits per heavy atom. The molecule has 0 aromatic carbocycles. The van der Waals surface area contributed by atoms with Crippen LogP contribution in [0.4, 0.5) is 0 Å². The predicted molar refractivity (Wildman–Crippen MR) is 88.4 cm³/mol. The van der Waals surface area contributed by atoms with Crippen molar-refractivity contribution >= 4 is 12.1 Å². The van der Waals surface area contributed by atoms with Gasteiger partial charge in [-0.15, -0.1) is 0 Å². The molecule has 0 aromatic rings. The quantitative estimate of drug-likeness (QED) is 0.668. The van der Waals surface area contributed by atoms with E-state index in [-0.39, 0.29) is 17.1 Å². The van der Waals surface area contributed by atoms with E-state index < -0.39 is 0 Å². The standard InChI is InChI=1S/C20H28O2/c1-14-6-8-18-15(4-3-5-17(22)12-14)10-11-20(2)16(13-21)7-9-19(18)20/h6,8,12-13,15-16,18-19H,3-5,7,9-11H2,1-2H3/b8-6-,14-12+. The summed E-state index contributed by atoms with van der Waals surface area (Å²) in [4.78, 5) is 23.3. The highest BCUT2D eigenvalue weighted by molar-refractivity contribution is 5.90. The van der Waals surface area contributed by atoms with Gasteiger partial charge in [-0.25, -0.2) is 0 Å². The van der Waals surface area contributed by atoms with Crippen molar-refractivity contribution in [2.45, 2.75) is 58.8 Å². The first kappa shape index (κ1) is 15.7. The van der Waals surface area contributed by atoms with Crippen LogP contribution in [0.3, 0.4) is 0 Å². The number of rotatable bonds is 1. The highest BCUT2D eigenvalue weighted by atomic mass is 16.1.